The average molecular weight is 271 g/mol. The van der Waals surface area contributed by atoms with Gasteiger partial charge in [0.15, 0.2) is 0 Å². The first kappa shape index (κ1) is 14.4. The molecule has 0 spiro atoms. The molecule has 1 unspecified atom stereocenters. The van der Waals surface area contributed by atoms with Crippen LogP contribution in [0, 0.1) is 0 Å². The molecule has 0 aliphatic carbocycles. The van der Waals surface area contributed by atoms with Crippen LogP contribution >= 0.6 is 0 Å². The molecule has 0 bridgehead atoms. The summed E-state index contributed by atoms with van der Waals surface area (Å²) in [7, 11) is 0. The minimum absolute atomic E-state index is 0.245. The average Bonchev–Trinajstić information content (AvgIpc) is 2.36. The van der Waals surface area contributed by atoms with Gasteiger partial charge in [0.05, 0.1) is 0 Å². The van der Waals surface area contributed by atoms with Crippen LogP contribution in [0.1, 0.15) is 27.7 Å². The van der Waals surface area contributed by atoms with E-state index < -0.39 is 5.60 Å². The van der Waals surface area contributed by atoms with Gasteiger partial charge in [-0.3, -0.25) is 0 Å². The number of hydrogen-bond acceptors (Lipinski definition) is 3. The third-order valence-electron chi connectivity index (χ3n) is 2.89. The van der Waals surface area contributed by atoms with Crippen molar-refractivity contribution in [1.29, 1.82) is 0 Å². The molecule has 0 saturated heterocycles. The maximum atomic E-state index is 11.9. The lowest BCUT2D eigenvalue weighted by Gasteiger charge is -2.23. The Hall–Kier alpha value is -2.03. The van der Waals surface area contributed by atoms with Gasteiger partial charge in [-0.15, -0.1) is 0 Å². The van der Waals surface area contributed by atoms with Gasteiger partial charge in [-0.25, -0.2) is 4.79 Å². The Morgan fingerprint density at radius 1 is 1.10 bits per heavy atom. The van der Waals surface area contributed by atoms with Gasteiger partial charge < -0.3 is 10.1 Å². The first-order valence-electron chi connectivity index (χ1n) is 6.83. The summed E-state index contributed by atoms with van der Waals surface area (Å²) in [4.78, 5) is 11.9. The van der Waals surface area contributed by atoms with Gasteiger partial charge in [0, 0.05) is 5.69 Å². The molecule has 0 heterocycles. The van der Waals surface area contributed by atoms with E-state index in [2.05, 4.69) is 17.4 Å². The monoisotopic (exact) mass is 271 g/mol. The molecule has 0 aliphatic rings. The molecule has 0 amide bonds. The number of esters is 1. The number of hydrogen-bond donors (Lipinski definition) is 1. The number of carbonyl (C=O) groups is 1. The first-order chi connectivity index (χ1) is 9.35. The van der Waals surface area contributed by atoms with E-state index in [4.69, 9.17) is 4.74 Å². The minimum atomic E-state index is -0.462. The van der Waals surface area contributed by atoms with Crippen molar-refractivity contribution in [1.82, 2.24) is 0 Å². The highest BCUT2D eigenvalue weighted by Crippen LogP contribution is 2.20. The van der Waals surface area contributed by atoms with Gasteiger partial charge in [-0.2, -0.15) is 0 Å². The lowest BCUT2D eigenvalue weighted by atomic mass is 10.1. The van der Waals surface area contributed by atoms with Crippen molar-refractivity contribution < 1.29 is 9.53 Å². The van der Waals surface area contributed by atoms with Gasteiger partial charge in [-0.1, -0.05) is 30.3 Å². The SMILES string of the molecule is CC(Nc1ccc2ccccc2c1)C(=O)OC(C)(C)C. The number of anilines is 1. The molecular formula is C17H21NO2. The molecule has 0 aliphatic heterocycles. The summed E-state index contributed by atoms with van der Waals surface area (Å²) in [5, 5.41) is 5.51. The summed E-state index contributed by atoms with van der Waals surface area (Å²) in [5.74, 6) is -0.245. The van der Waals surface area contributed by atoms with Crippen LogP contribution in [0.2, 0.25) is 0 Å². The number of nitrogens with one attached hydrogen (secondary N) is 1. The second kappa shape index (κ2) is 5.53. The lowest BCUT2D eigenvalue weighted by Crippen LogP contribution is -2.34. The Balaban J connectivity index is 2.09. The predicted molar refractivity (Wildman–Crippen MR) is 82.9 cm³/mol. The third kappa shape index (κ3) is 3.73. The molecule has 3 nitrogen and oxygen atoms in total. The number of ether oxygens (including phenoxy) is 1. The van der Waals surface area contributed by atoms with Crippen molar-refractivity contribution in [3.05, 3.63) is 42.5 Å². The smallest absolute Gasteiger partial charge is 0.328 e. The Kier molecular flexibility index (Phi) is 3.98. The van der Waals surface area contributed by atoms with Crippen molar-refractivity contribution in [3.8, 4) is 0 Å². The minimum Gasteiger partial charge on any atom is -0.458 e. The van der Waals surface area contributed by atoms with E-state index in [1.165, 1.54) is 5.39 Å². The normalized spacial score (nSPS) is 13.0. The molecule has 0 radical (unpaired) electrons. The molecule has 20 heavy (non-hydrogen) atoms. The zero-order valence-corrected chi connectivity index (χ0v) is 12.4. The Morgan fingerprint density at radius 2 is 1.75 bits per heavy atom. The van der Waals surface area contributed by atoms with E-state index in [1.54, 1.807) is 0 Å². The van der Waals surface area contributed by atoms with E-state index in [1.807, 2.05) is 58.0 Å². The molecule has 2 rings (SSSR count). The summed E-state index contributed by atoms with van der Waals surface area (Å²) in [6.07, 6.45) is 0. The van der Waals surface area contributed by atoms with Crippen LogP contribution in [0.25, 0.3) is 10.8 Å². The molecule has 0 fully saturated rings. The lowest BCUT2D eigenvalue weighted by molar-refractivity contribution is -0.155. The Labute approximate surface area is 119 Å². The van der Waals surface area contributed by atoms with E-state index in [0.29, 0.717) is 0 Å². The van der Waals surface area contributed by atoms with Crippen LogP contribution in [0.4, 0.5) is 5.69 Å². The van der Waals surface area contributed by atoms with Crippen molar-refractivity contribution in [2.45, 2.75) is 39.3 Å². The zero-order valence-electron chi connectivity index (χ0n) is 12.4. The summed E-state index contributed by atoms with van der Waals surface area (Å²) < 4.78 is 5.36. The highest BCUT2D eigenvalue weighted by atomic mass is 16.6. The molecule has 106 valence electrons. The predicted octanol–water partition coefficient (Wildman–Crippen LogP) is 3.98. The Bertz CT molecular complexity index is 614. The van der Waals surface area contributed by atoms with E-state index >= 15 is 0 Å². The number of benzene rings is 2. The van der Waals surface area contributed by atoms with Gasteiger partial charge in [-0.05, 0) is 50.6 Å². The van der Waals surface area contributed by atoms with Crippen molar-refractivity contribution in [3.63, 3.8) is 0 Å². The molecular weight excluding hydrogens is 250 g/mol. The maximum absolute atomic E-state index is 11.9. The molecule has 3 heteroatoms. The van der Waals surface area contributed by atoms with Crippen LogP contribution in [0.15, 0.2) is 42.5 Å². The molecule has 2 aromatic carbocycles. The van der Waals surface area contributed by atoms with Gasteiger partial charge in [0.1, 0.15) is 11.6 Å². The molecule has 0 saturated carbocycles. The van der Waals surface area contributed by atoms with Crippen LogP contribution in [-0.2, 0) is 9.53 Å². The summed E-state index contributed by atoms with van der Waals surface area (Å²) in [6.45, 7) is 7.41. The zero-order chi connectivity index (χ0) is 14.8. The van der Waals surface area contributed by atoms with Crippen LogP contribution in [0.3, 0.4) is 0 Å². The summed E-state index contributed by atoms with van der Waals surface area (Å²) in [6, 6.07) is 13.8. The van der Waals surface area contributed by atoms with Gasteiger partial charge in [0.25, 0.3) is 0 Å². The van der Waals surface area contributed by atoms with E-state index in [-0.39, 0.29) is 12.0 Å². The fourth-order valence-corrected chi connectivity index (χ4v) is 1.98. The van der Waals surface area contributed by atoms with Crippen LogP contribution in [0.5, 0.6) is 0 Å². The molecule has 2 aromatic rings. The van der Waals surface area contributed by atoms with Crippen LogP contribution < -0.4 is 5.32 Å². The number of rotatable bonds is 3. The number of fused-ring (bicyclic) bond motifs is 1. The highest BCUT2D eigenvalue weighted by Gasteiger charge is 2.21. The topological polar surface area (TPSA) is 38.3 Å². The second-order valence-electron chi connectivity index (χ2n) is 5.96. The van der Waals surface area contributed by atoms with Crippen molar-refractivity contribution in [2.75, 3.05) is 5.32 Å². The van der Waals surface area contributed by atoms with Crippen molar-refractivity contribution in [2.24, 2.45) is 0 Å². The van der Waals surface area contributed by atoms with E-state index in [0.717, 1.165) is 11.1 Å². The fourth-order valence-electron chi connectivity index (χ4n) is 1.98. The summed E-state index contributed by atoms with van der Waals surface area (Å²) >= 11 is 0. The van der Waals surface area contributed by atoms with Crippen LogP contribution in [-0.4, -0.2) is 17.6 Å². The van der Waals surface area contributed by atoms with Gasteiger partial charge in [0.2, 0.25) is 0 Å². The highest BCUT2D eigenvalue weighted by molar-refractivity contribution is 5.87. The summed E-state index contributed by atoms with van der Waals surface area (Å²) in [5.41, 5.74) is 0.457. The third-order valence-corrected chi connectivity index (χ3v) is 2.89. The second-order valence-corrected chi connectivity index (χ2v) is 5.96. The quantitative estimate of drug-likeness (QED) is 0.858. The fraction of sp³-hybridized carbons (Fsp3) is 0.353. The molecule has 1 N–H and O–H groups in total. The van der Waals surface area contributed by atoms with Crippen molar-refractivity contribution >= 4 is 22.4 Å². The first-order valence-corrected chi connectivity index (χ1v) is 6.83. The molecule has 0 aromatic heterocycles. The van der Waals surface area contributed by atoms with Gasteiger partial charge >= 0.3 is 5.97 Å². The molecule has 1 atom stereocenters. The van der Waals surface area contributed by atoms with E-state index in [9.17, 15) is 4.79 Å². The largest absolute Gasteiger partial charge is 0.458 e. The number of carbonyl (C=O) groups excluding carboxylic acids is 1. The maximum Gasteiger partial charge on any atom is 0.328 e. The standard InChI is InChI=1S/C17H21NO2/c1-12(16(19)20-17(2,3)4)18-15-10-9-13-7-5-6-8-14(13)11-15/h5-12,18H,1-4H3. The Morgan fingerprint density at radius 3 is 2.40 bits per heavy atom.